The molecule has 1 aliphatic heterocycles. The Kier molecular flexibility index (Phi) is 6.72. The van der Waals surface area contributed by atoms with Gasteiger partial charge in [-0.3, -0.25) is 4.79 Å². The third-order valence-electron chi connectivity index (χ3n) is 4.44. The second kappa shape index (κ2) is 9.84. The number of carbonyl (C=O) groups is 2. The van der Waals surface area contributed by atoms with Crippen molar-refractivity contribution in [1.29, 1.82) is 0 Å². The van der Waals surface area contributed by atoms with Crippen molar-refractivity contribution in [3.8, 4) is 17.2 Å². The Morgan fingerprint density at radius 3 is 2.62 bits per heavy atom. The van der Waals surface area contributed by atoms with E-state index in [1.807, 2.05) is 0 Å². The Morgan fingerprint density at radius 2 is 1.81 bits per heavy atom. The second-order valence-electron chi connectivity index (χ2n) is 6.61. The number of amides is 1. The van der Waals surface area contributed by atoms with Crippen molar-refractivity contribution in [3.05, 3.63) is 86.8 Å². The van der Waals surface area contributed by atoms with Crippen LogP contribution >= 0.6 is 27.5 Å². The van der Waals surface area contributed by atoms with Gasteiger partial charge in [-0.25, -0.2) is 10.2 Å². The van der Waals surface area contributed by atoms with Crippen molar-refractivity contribution in [2.75, 3.05) is 13.2 Å². The molecule has 0 unspecified atom stereocenters. The van der Waals surface area contributed by atoms with Gasteiger partial charge in [0.25, 0.3) is 5.91 Å². The lowest BCUT2D eigenvalue weighted by molar-refractivity contribution is 0.0734. The van der Waals surface area contributed by atoms with E-state index < -0.39 is 11.9 Å². The Morgan fingerprint density at radius 1 is 1.03 bits per heavy atom. The molecule has 162 valence electrons. The topological polar surface area (TPSA) is 86.2 Å². The fourth-order valence-corrected chi connectivity index (χ4v) is 3.50. The van der Waals surface area contributed by atoms with Crippen molar-refractivity contribution in [1.82, 2.24) is 5.43 Å². The highest BCUT2D eigenvalue weighted by molar-refractivity contribution is 9.10. The minimum atomic E-state index is -0.604. The molecule has 1 aliphatic rings. The van der Waals surface area contributed by atoms with Crippen molar-refractivity contribution >= 4 is 45.6 Å². The normalized spacial score (nSPS) is 12.4. The van der Waals surface area contributed by atoms with Crippen LogP contribution in [0.25, 0.3) is 0 Å². The van der Waals surface area contributed by atoms with Gasteiger partial charge >= 0.3 is 5.97 Å². The highest BCUT2D eigenvalue weighted by Gasteiger charge is 2.16. The van der Waals surface area contributed by atoms with Crippen LogP contribution < -0.4 is 19.6 Å². The third kappa shape index (κ3) is 5.09. The lowest BCUT2D eigenvalue weighted by Gasteiger charge is -2.18. The fourth-order valence-electron chi connectivity index (χ4n) is 2.90. The molecule has 0 atom stereocenters. The number of hydrogen-bond donors (Lipinski definition) is 1. The molecule has 0 radical (unpaired) electrons. The number of hydrazone groups is 1. The van der Waals surface area contributed by atoms with E-state index in [1.165, 1.54) is 6.21 Å². The van der Waals surface area contributed by atoms with Crippen LogP contribution in [0.3, 0.4) is 0 Å². The average Bonchev–Trinajstić information content (AvgIpc) is 2.80. The zero-order valence-corrected chi connectivity index (χ0v) is 18.9. The highest BCUT2D eigenvalue weighted by atomic mass is 79.9. The number of fused-ring (bicyclic) bond motifs is 1. The van der Waals surface area contributed by atoms with Crippen molar-refractivity contribution in [3.63, 3.8) is 0 Å². The van der Waals surface area contributed by atoms with Crippen LogP contribution in [0.2, 0.25) is 5.02 Å². The summed E-state index contributed by atoms with van der Waals surface area (Å²) in [6.07, 6.45) is 1.38. The minimum Gasteiger partial charge on any atom is -0.486 e. The number of nitrogens with one attached hydrogen (secondary N) is 1. The molecule has 0 saturated carbocycles. The predicted octanol–water partition coefficient (Wildman–Crippen LogP) is 4.86. The summed E-state index contributed by atoms with van der Waals surface area (Å²) >= 11 is 9.45. The molecule has 1 heterocycles. The van der Waals surface area contributed by atoms with E-state index >= 15 is 0 Å². The maximum atomic E-state index is 12.5. The number of rotatable bonds is 5. The van der Waals surface area contributed by atoms with Gasteiger partial charge in [0, 0.05) is 15.6 Å². The highest BCUT2D eigenvalue weighted by Crippen LogP contribution is 2.30. The molecule has 0 aromatic heterocycles. The third-order valence-corrected chi connectivity index (χ3v) is 5.27. The smallest absolute Gasteiger partial charge is 0.345 e. The number of esters is 1. The molecule has 32 heavy (non-hydrogen) atoms. The monoisotopic (exact) mass is 514 g/mol. The maximum absolute atomic E-state index is 12.5. The van der Waals surface area contributed by atoms with Crippen LogP contribution in [-0.2, 0) is 0 Å². The van der Waals surface area contributed by atoms with Crippen LogP contribution in [-0.4, -0.2) is 31.3 Å². The Labute approximate surface area is 197 Å². The molecule has 3 aromatic rings. The van der Waals surface area contributed by atoms with Crippen molar-refractivity contribution < 1.29 is 23.8 Å². The lowest BCUT2D eigenvalue weighted by Crippen LogP contribution is -2.19. The summed E-state index contributed by atoms with van der Waals surface area (Å²) in [4.78, 5) is 24.9. The average molecular weight is 516 g/mol. The minimum absolute atomic E-state index is 0.242. The molecule has 9 heteroatoms. The summed E-state index contributed by atoms with van der Waals surface area (Å²) in [6, 6.07) is 16.5. The zero-order chi connectivity index (χ0) is 22.5. The molecule has 3 aromatic carbocycles. The van der Waals surface area contributed by atoms with Gasteiger partial charge in [0.15, 0.2) is 11.5 Å². The van der Waals surface area contributed by atoms with Crippen LogP contribution in [0.4, 0.5) is 0 Å². The molecule has 0 spiro atoms. The quantitative estimate of drug-likeness (QED) is 0.227. The number of ether oxygens (including phenoxy) is 3. The maximum Gasteiger partial charge on any atom is 0.345 e. The first-order valence-electron chi connectivity index (χ1n) is 9.50. The number of carbonyl (C=O) groups excluding carboxylic acids is 2. The van der Waals surface area contributed by atoms with E-state index in [0.29, 0.717) is 35.8 Å². The molecule has 0 bridgehead atoms. The molecule has 7 nitrogen and oxygen atoms in total. The first-order valence-corrected chi connectivity index (χ1v) is 10.7. The number of hydrogen-bond acceptors (Lipinski definition) is 6. The van der Waals surface area contributed by atoms with Gasteiger partial charge in [0.2, 0.25) is 0 Å². The van der Waals surface area contributed by atoms with E-state index in [4.69, 9.17) is 25.8 Å². The number of benzene rings is 3. The summed E-state index contributed by atoms with van der Waals surface area (Å²) in [6.45, 7) is 0.896. The largest absolute Gasteiger partial charge is 0.486 e. The lowest BCUT2D eigenvalue weighted by atomic mass is 10.2. The molecule has 0 fully saturated rings. The summed E-state index contributed by atoms with van der Waals surface area (Å²) in [7, 11) is 0. The van der Waals surface area contributed by atoms with Crippen molar-refractivity contribution in [2.45, 2.75) is 0 Å². The van der Waals surface area contributed by atoms with Crippen LogP contribution in [0.15, 0.2) is 70.2 Å². The number of nitrogens with zero attached hydrogens (tertiary/aromatic N) is 1. The first-order chi connectivity index (χ1) is 15.5. The predicted molar refractivity (Wildman–Crippen MR) is 123 cm³/mol. The van der Waals surface area contributed by atoms with Gasteiger partial charge in [0.05, 0.1) is 16.8 Å². The summed E-state index contributed by atoms with van der Waals surface area (Å²) in [5.74, 6) is 0.329. The molecular weight excluding hydrogens is 500 g/mol. The standard InChI is InChI=1S/C23H16BrClN2O5/c24-16-6-8-19(32-23(29)17-3-1-2-4-18(17)25)15(11-16)13-26-27-22(28)14-5-7-20-21(12-14)31-10-9-30-20/h1-8,11-13H,9-10H2,(H,27,28)/b26-13-. The summed E-state index contributed by atoms with van der Waals surface area (Å²) < 4.78 is 17.2. The van der Waals surface area contributed by atoms with Gasteiger partial charge in [-0.1, -0.05) is 39.7 Å². The summed E-state index contributed by atoms with van der Waals surface area (Å²) in [5.41, 5.74) is 3.54. The van der Waals surface area contributed by atoms with Gasteiger partial charge < -0.3 is 14.2 Å². The van der Waals surface area contributed by atoms with Gasteiger partial charge in [-0.15, -0.1) is 0 Å². The van der Waals surface area contributed by atoms with Gasteiger partial charge in [-0.2, -0.15) is 5.10 Å². The van der Waals surface area contributed by atoms with E-state index in [9.17, 15) is 9.59 Å². The second-order valence-corrected chi connectivity index (χ2v) is 7.93. The Hall–Kier alpha value is -3.36. The first kappa shape index (κ1) is 21.9. The molecular formula is C23H16BrClN2O5. The molecule has 0 saturated heterocycles. The van der Waals surface area contributed by atoms with E-state index in [0.717, 1.165) is 4.47 Å². The Bertz CT molecular complexity index is 1210. The molecule has 0 aliphatic carbocycles. The van der Waals surface area contributed by atoms with Crippen molar-refractivity contribution in [2.24, 2.45) is 5.10 Å². The molecule has 1 N–H and O–H groups in total. The number of halogens is 2. The SMILES string of the molecule is O=C(N/N=C\c1cc(Br)ccc1OC(=O)c1ccccc1Cl)c1ccc2c(c1)OCCO2. The zero-order valence-electron chi connectivity index (χ0n) is 16.5. The van der Waals surface area contributed by atoms with E-state index in [2.05, 4.69) is 26.5 Å². The van der Waals surface area contributed by atoms with Crippen LogP contribution in [0.1, 0.15) is 26.3 Å². The van der Waals surface area contributed by atoms with Crippen LogP contribution in [0, 0.1) is 0 Å². The van der Waals surface area contributed by atoms with E-state index in [-0.39, 0.29) is 16.3 Å². The fraction of sp³-hybridized carbons (Fsp3) is 0.0870. The van der Waals surface area contributed by atoms with Gasteiger partial charge in [-0.05, 0) is 48.5 Å². The summed E-state index contributed by atoms with van der Waals surface area (Å²) in [5, 5.41) is 4.28. The molecule has 4 rings (SSSR count). The Balaban J connectivity index is 1.48. The van der Waals surface area contributed by atoms with E-state index in [1.54, 1.807) is 60.7 Å². The van der Waals surface area contributed by atoms with Gasteiger partial charge in [0.1, 0.15) is 19.0 Å². The van der Waals surface area contributed by atoms with Crippen LogP contribution in [0.5, 0.6) is 17.2 Å². The molecule has 1 amide bonds.